The van der Waals surface area contributed by atoms with Crippen LogP contribution in [0.4, 0.5) is 4.79 Å². The van der Waals surface area contributed by atoms with E-state index in [1.807, 2.05) is 31.2 Å². The number of carbonyl (C=O) groups excluding carboxylic acids is 2. The standard InChI is InChI=1S/C16H19BrN2O3/c1-4-12-13(15(20)22-9(2)3)14(19-16(21)18-12)10-5-7-11(17)8-6-10/h5-9,14H,4H2,1-3H3,(H2,18,19,21). The van der Waals surface area contributed by atoms with E-state index >= 15 is 0 Å². The number of rotatable bonds is 4. The molecule has 0 bridgehead atoms. The number of ether oxygens (including phenoxy) is 1. The molecule has 1 aliphatic heterocycles. The van der Waals surface area contributed by atoms with Gasteiger partial charge in [-0.1, -0.05) is 35.0 Å². The maximum Gasteiger partial charge on any atom is 0.338 e. The lowest BCUT2D eigenvalue weighted by molar-refractivity contribution is -0.143. The van der Waals surface area contributed by atoms with Gasteiger partial charge < -0.3 is 15.4 Å². The molecule has 2 amide bonds. The first-order chi connectivity index (χ1) is 10.4. The topological polar surface area (TPSA) is 67.4 Å². The first kappa shape index (κ1) is 16.5. The van der Waals surface area contributed by atoms with Crippen LogP contribution >= 0.6 is 15.9 Å². The number of benzene rings is 1. The number of hydrogen-bond donors (Lipinski definition) is 2. The number of esters is 1. The second-order valence-electron chi connectivity index (χ2n) is 5.28. The third-order valence-corrected chi connectivity index (χ3v) is 3.80. The predicted octanol–water partition coefficient (Wildman–Crippen LogP) is 3.42. The van der Waals surface area contributed by atoms with E-state index in [1.54, 1.807) is 13.8 Å². The average Bonchev–Trinajstić information content (AvgIpc) is 2.46. The first-order valence-electron chi connectivity index (χ1n) is 7.19. The summed E-state index contributed by atoms with van der Waals surface area (Å²) in [5, 5.41) is 5.50. The van der Waals surface area contributed by atoms with Gasteiger partial charge in [-0.2, -0.15) is 0 Å². The smallest absolute Gasteiger partial charge is 0.338 e. The third-order valence-electron chi connectivity index (χ3n) is 3.27. The minimum Gasteiger partial charge on any atom is -0.459 e. The third kappa shape index (κ3) is 3.68. The lowest BCUT2D eigenvalue weighted by Crippen LogP contribution is -2.46. The average molecular weight is 367 g/mol. The zero-order chi connectivity index (χ0) is 16.3. The molecule has 0 spiro atoms. The van der Waals surface area contributed by atoms with Gasteiger partial charge >= 0.3 is 12.0 Å². The quantitative estimate of drug-likeness (QED) is 0.802. The van der Waals surface area contributed by atoms with E-state index in [2.05, 4.69) is 26.6 Å². The van der Waals surface area contributed by atoms with E-state index in [1.165, 1.54) is 0 Å². The minimum atomic E-state index is -0.511. The van der Waals surface area contributed by atoms with Gasteiger partial charge in [0.25, 0.3) is 0 Å². The molecule has 0 aromatic heterocycles. The zero-order valence-electron chi connectivity index (χ0n) is 12.8. The second-order valence-corrected chi connectivity index (χ2v) is 6.20. The van der Waals surface area contributed by atoms with E-state index in [4.69, 9.17) is 4.74 Å². The number of allylic oxidation sites excluding steroid dienone is 1. The summed E-state index contributed by atoms with van der Waals surface area (Å²) in [5.41, 5.74) is 1.89. The van der Waals surface area contributed by atoms with Gasteiger partial charge in [0.1, 0.15) is 0 Å². The number of halogens is 1. The Kier molecular flexibility index (Phi) is 5.24. The Morgan fingerprint density at radius 3 is 2.50 bits per heavy atom. The van der Waals surface area contributed by atoms with Crippen molar-refractivity contribution < 1.29 is 14.3 Å². The second kappa shape index (κ2) is 6.96. The Morgan fingerprint density at radius 2 is 1.95 bits per heavy atom. The highest BCUT2D eigenvalue weighted by Crippen LogP contribution is 2.29. The van der Waals surface area contributed by atoms with Crippen LogP contribution in [0.1, 0.15) is 38.8 Å². The Hall–Kier alpha value is -1.82. The van der Waals surface area contributed by atoms with Crippen LogP contribution in [0, 0.1) is 0 Å². The van der Waals surface area contributed by atoms with E-state index in [9.17, 15) is 9.59 Å². The van der Waals surface area contributed by atoms with Crippen molar-refractivity contribution in [1.29, 1.82) is 0 Å². The summed E-state index contributed by atoms with van der Waals surface area (Å²) < 4.78 is 6.27. The lowest BCUT2D eigenvalue weighted by atomic mass is 9.94. The van der Waals surface area contributed by atoms with Crippen molar-refractivity contribution in [2.24, 2.45) is 0 Å². The molecule has 1 aromatic rings. The molecule has 0 fully saturated rings. The van der Waals surface area contributed by atoms with Gasteiger partial charge in [-0.05, 0) is 38.0 Å². The maximum atomic E-state index is 12.5. The summed E-state index contributed by atoms with van der Waals surface area (Å²) in [4.78, 5) is 24.3. The molecule has 1 atom stereocenters. The molecule has 6 heteroatoms. The van der Waals surface area contributed by atoms with E-state index < -0.39 is 12.0 Å². The van der Waals surface area contributed by atoms with Crippen molar-refractivity contribution in [3.05, 3.63) is 45.6 Å². The first-order valence-corrected chi connectivity index (χ1v) is 7.98. The van der Waals surface area contributed by atoms with Crippen molar-refractivity contribution in [3.63, 3.8) is 0 Å². The zero-order valence-corrected chi connectivity index (χ0v) is 14.4. The molecule has 5 nitrogen and oxygen atoms in total. The molecule has 0 saturated carbocycles. The molecule has 1 aliphatic rings. The fraction of sp³-hybridized carbons (Fsp3) is 0.375. The van der Waals surface area contributed by atoms with Crippen LogP contribution in [0.5, 0.6) is 0 Å². The van der Waals surface area contributed by atoms with Gasteiger partial charge in [-0.15, -0.1) is 0 Å². The summed E-state index contributed by atoms with van der Waals surface area (Å²) in [6, 6.07) is 6.67. The number of carbonyl (C=O) groups is 2. The fourth-order valence-corrected chi connectivity index (χ4v) is 2.58. The molecular formula is C16H19BrN2O3. The van der Waals surface area contributed by atoms with Crippen molar-refractivity contribution in [1.82, 2.24) is 10.6 Å². The highest BCUT2D eigenvalue weighted by molar-refractivity contribution is 9.10. The molecule has 2 N–H and O–H groups in total. The van der Waals surface area contributed by atoms with Crippen LogP contribution in [0.15, 0.2) is 40.0 Å². The van der Waals surface area contributed by atoms with Crippen molar-refractivity contribution in [2.75, 3.05) is 0 Å². The molecule has 0 saturated heterocycles. The van der Waals surface area contributed by atoms with Crippen LogP contribution in [0.2, 0.25) is 0 Å². The molecule has 22 heavy (non-hydrogen) atoms. The number of nitrogens with one attached hydrogen (secondary N) is 2. The highest BCUT2D eigenvalue weighted by atomic mass is 79.9. The van der Waals surface area contributed by atoms with Crippen molar-refractivity contribution >= 4 is 27.9 Å². The minimum absolute atomic E-state index is 0.221. The Labute approximate surface area is 138 Å². The molecule has 118 valence electrons. The number of amides is 2. The number of urea groups is 1. The SMILES string of the molecule is CCC1=C(C(=O)OC(C)C)C(c2ccc(Br)cc2)NC(=O)N1. The van der Waals surface area contributed by atoms with Crippen molar-refractivity contribution in [3.8, 4) is 0 Å². The van der Waals surface area contributed by atoms with Crippen molar-refractivity contribution in [2.45, 2.75) is 39.3 Å². The van der Waals surface area contributed by atoms with E-state index in [0.717, 1.165) is 10.0 Å². The summed E-state index contributed by atoms with van der Waals surface area (Å²) >= 11 is 3.38. The van der Waals surface area contributed by atoms with Crippen LogP contribution in [-0.4, -0.2) is 18.1 Å². The molecule has 1 heterocycles. The van der Waals surface area contributed by atoms with E-state index in [0.29, 0.717) is 17.7 Å². The predicted molar refractivity (Wildman–Crippen MR) is 87.1 cm³/mol. The molecule has 0 aliphatic carbocycles. The molecule has 1 aromatic carbocycles. The van der Waals surface area contributed by atoms with Crippen LogP contribution in [0.25, 0.3) is 0 Å². The summed E-state index contributed by atoms with van der Waals surface area (Å²) in [6.07, 6.45) is 0.324. The summed E-state index contributed by atoms with van der Waals surface area (Å²) in [5.74, 6) is -0.410. The van der Waals surface area contributed by atoms with Gasteiger partial charge in [0, 0.05) is 10.2 Å². The van der Waals surface area contributed by atoms with Crippen LogP contribution in [-0.2, 0) is 9.53 Å². The fourth-order valence-electron chi connectivity index (χ4n) is 2.32. The van der Waals surface area contributed by atoms with Gasteiger partial charge in [-0.3, -0.25) is 0 Å². The van der Waals surface area contributed by atoms with Gasteiger partial charge in [0.2, 0.25) is 0 Å². The molecular weight excluding hydrogens is 348 g/mol. The lowest BCUT2D eigenvalue weighted by Gasteiger charge is -2.29. The summed E-state index contributed by atoms with van der Waals surface area (Å²) in [7, 11) is 0. The normalized spacial score (nSPS) is 18.0. The van der Waals surface area contributed by atoms with Gasteiger partial charge in [0.05, 0.1) is 17.7 Å². The van der Waals surface area contributed by atoms with Gasteiger partial charge in [0.15, 0.2) is 0 Å². The maximum absolute atomic E-state index is 12.5. The molecule has 2 rings (SSSR count). The number of hydrogen-bond acceptors (Lipinski definition) is 3. The highest BCUT2D eigenvalue weighted by Gasteiger charge is 2.33. The monoisotopic (exact) mass is 366 g/mol. The Morgan fingerprint density at radius 1 is 1.32 bits per heavy atom. The van der Waals surface area contributed by atoms with Gasteiger partial charge in [-0.25, -0.2) is 9.59 Å². The Bertz CT molecular complexity index is 608. The largest absolute Gasteiger partial charge is 0.459 e. The van der Waals surface area contributed by atoms with Crippen LogP contribution in [0.3, 0.4) is 0 Å². The van der Waals surface area contributed by atoms with E-state index in [-0.39, 0.29) is 12.1 Å². The Balaban J connectivity index is 2.45. The molecule has 0 radical (unpaired) electrons. The summed E-state index contributed by atoms with van der Waals surface area (Å²) in [6.45, 7) is 5.49. The van der Waals surface area contributed by atoms with Crippen LogP contribution < -0.4 is 10.6 Å². The molecule has 1 unspecified atom stereocenters.